The molecule has 2 aliphatic carbocycles. The standard InChI is InChI=1S/C14H26N2O/c1-14(2,3)11(7-8-15)16-13(17)12-9-5-4-6-10(9)12/h9-12H,4-8,15H2,1-3H3,(H,16,17). The molecule has 3 unspecified atom stereocenters. The Morgan fingerprint density at radius 2 is 1.94 bits per heavy atom. The number of nitrogens with one attached hydrogen (secondary N) is 1. The summed E-state index contributed by atoms with van der Waals surface area (Å²) in [5.74, 6) is 2.02. The molecule has 0 saturated heterocycles. The fraction of sp³-hybridized carbons (Fsp3) is 0.929. The van der Waals surface area contributed by atoms with Gasteiger partial charge in [-0.05, 0) is 43.1 Å². The van der Waals surface area contributed by atoms with Crippen LogP contribution < -0.4 is 11.1 Å². The van der Waals surface area contributed by atoms with Crippen LogP contribution in [-0.2, 0) is 4.79 Å². The van der Waals surface area contributed by atoms with E-state index in [1.807, 2.05) is 0 Å². The first-order valence-electron chi connectivity index (χ1n) is 6.95. The van der Waals surface area contributed by atoms with E-state index in [-0.39, 0.29) is 17.4 Å². The Balaban J connectivity index is 1.88. The average molecular weight is 238 g/mol. The monoisotopic (exact) mass is 238 g/mol. The zero-order valence-electron chi connectivity index (χ0n) is 11.3. The summed E-state index contributed by atoms with van der Waals surface area (Å²) >= 11 is 0. The third-order valence-corrected chi connectivity index (χ3v) is 4.53. The normalized spacial score (nSPS) is 33.1. The fourth-order valence-corrected chi connectivity index (χ4v) is 3.37. The number of fused-ring (bicyclic) bond motifs is 1. The second-order valence-corrected chi connectivity index (χ2v) is 6.79. The first-order valence-corrected chi connectivity index (χ1v) is 6.95. The van der Waals surface area contributed by atoms with Gasteiger partial charge in [-0.15, -0.1) is 0 Å². The summed E-state index contributed by atoms with van der Waals surface area (Å²) in [6.07, 6.45) is 4.72. The van der Waals surface area contributed by atoms with E-state index in [2.05, 4.69) is 26.1 Å². The Morgan fingerprint density at radius 3 is 2.41 bits per heavy atom. The van der Waals surface area contributed by atoms with Gasteiger partial charge in [0.2, 0.25) is 5.91 Å². The van der Waals surface area contributed by atoms with Crippen LogP contribution in [0.1, 0.15) is 46.5 Å². The SMILES string of the molecule is CC(C)(C)C(CCN)NC(=O)C1C2CCCC21. The Kier molecular flexibility index (Phi) is 3.48. The molecule has 1 amide bonds. The predicted molar refractivity (Wildman–Crippen MR) is 69.4 cm³/mol. The van der Waals surface area contributed by atoms with Gasteiger partial charge in [-0.1, -0.05) is 27.2 Å². The second-order valence-electron chi connectivity index (χ2n) is 6.79. The molecule has 3 N–H and O–H groups in total. The average Bonchev–Trinajstić information content (AvgIpc) is 2.71. The topological polar surface area (TPSA) is 55.1 Å². The molecule has 2 rings (SSSR count). The van der Waals surface area contributed by atoms with Gasteiger partial charge >= 0.3 is 0 Å². The molecule has 0 aromatic heterocycles. The summed E-state index contributed by atoms with van der Waals surface area (Å²) in [5.41, 5.74) is 5.73. The molecule has 3 heteroatoms. The Bertz CT molecular complexity index is 285. The van der Waals surface area contributed by atoms with E-state index >= 15 is 0 Å². The summed E-state index contributed by atoms with van der Waals surface area (Å²) in [4.78, 5) is 12.2. The molecule has 17 heavy (non-hydrogen) atoms. The van der Waals surface area contributed by atoms with Crippen molar-refractivity contribution in [3.8, 4) is 0 Å². The van der Waals surface area contributed by atoms with E-state index in [1.165, 1.54) is 19.3 Å². The van der Waals surface area contributed by atoms with E-state index in [0.717, 1.165) is 6.42 Å². The third-order valence-electron chi connectivity index (χ3n) is 4.53. The predicted octanol–water partition coefficient (Wildman–Crippen LogP) is 1.91. The van der Waals surface area contributed by atoms with Crippen molar-refractivity contribution in [1.82, 2.24) is 5.32 Å². The molecule has 3 nitrogen and oxygen atoms in total. The van der Waals surface area contributed by atoms with Gasteiger partial charge in [0.05, 0.1) is 0 Å². The fourth-order valence-electron chi connectivity index (χ4n) is 3.37. The maximum atomic E-state index is 12.2. The van der Waals surface area contributed by atoms with Gasteiger partial charge in [0, 0.05) is 12.0 Å². The van der Waals surface area contributed by atoms with Gasteiger partial charge in [-0.3, -0.25) is 4.79 Å². The summed E-state index contributed by atoms with van der Waals surface area (Å²) in [7, 11) is 0. The summed E-state index contributed by atoms with van der Waals surface area (Å²) in [5, 5.41) is 3.23. The van der Waals surface area contributed by atoms with Gasteiger partial charge in [-0.2, -0.15) is 0 Å². The largest absolute Gasteiger partial charge is 0.353 e. The van der Waals surface area contributed by atoms with Crippen LogP contribution in [0.5, 0.6) is 0 Å². The summed E-state index contributed by atoms with van der Waals surface area (Å²) < 4.78 is 0. The molecular weight excluding hydrogens is 212 g/mol. The highest BCUT2D eigenvalue weighted by atomic mass is 16.2. The zero-order valence-corrected chi connectivity index (χ0v) is 11.3. The maximum absolute atomic E-state index is 12.2. The van der Waals surface area contributed by atoms with E-state index < -0.39 is 0 Å². The van der Waals surface area contributed by atoms with Gasteiger partial charge in [0.25, 0.3) is 0 Å². The number of carbonyl (C=O) groups excluding carboxylic acids is 1. The van der Waals surface area contributed by atoms with Crippen LogP contribution in [0, 0.1) is 23.2 Å². The first-order chi connectivity index (χ1) is 7.95. The van der Waals surface area contributed by atoms with Crippen LogP contribution in [0.2, 0.25) is 0 Å². The van der Waals surface area contributed by atoms with E-state index in [1.54, 1.807) is 0 Å². The van der Waals surface area contributed by atoms with Crippen LogP contribution in [0.25, 0.3) is 0 Å². The molecular formula is C14H26N2O. The highest BCUT2D eigenvalue weighted by Gasteiger charge is 2.56. The first kappa shape index (κ1) is 12.9. The molecule has 3 atom stereocenters. The molecule has 2 saturated carbocycles. The number of hydrogen-bond acceptors (Lipinski definition) is 2. The van der Waals surface area contributed by atoms with Crippen molar-refractivity contribution in [3.63, 3.8) is 0 Å². The molecule has 0 heterocycles. The number of amides is 1. The number of nitrogens with two attached hydrogens (primary N) is 1. The Labute approximate surface area is 105 Å². The van der Waals surface area contributed by atoms with Crippen molar-refractivity contribution in [3.05, 3.63) is 0 Å². The van der Waals surface area contributed by atoms with Gasteiger partial charge < -0.3 is 11.1 Å². The minimum Gasteiger partial charge on any atom is -0.353 e. The minimum atomic E-state index is 0.0963. The van der Waals surface area contributed by atoms with Crippen LogP contribution in [0.15, 0.2) is 0 Å². The van der Waals surface area contributed by atoms with Crippen molar-refractivity contribution in [2.24, 2.45) is 28.9 Å². The Morgan fingerprint density at radius 1 is 1.35 bits per heavy atom. The van der Waals surface area contributed by atoms with Crippen LogP contribution in [0.4, 0.5) is 0 Å². The van der Waals surface area contributed by atoms with Gasteiger partial charge in [0.1, 0.15) is 0 Å². The van der Waals surface area contributed by atoms with Crippen molar-refractivity contribution in [2.75, 3.05) is 6.54 Å². The maximum Gasteiger partial charge on any atom is 0.223 e. The lowest BCUT2D eigenvalue weighted by atomic mass is 9.84. The molecule has 0 aromatic rings. The summed E-state index contributed by atoms with van der Waals surface area (Å²) in [6, 6.07) is 0.210. The smallest absolute Gasteiger partial charge is 0.223 e. The van der Waals surface area contributed by atoms with E-state index in [0.29, 0.717) is 24.3 Å². The summed E-state index contributed by atoms with van der Waals surface area (Å²) in [6.45, 7) is 7.14. The Hall–Kier alpha value is -0.570. The van der Waals surface area contributed by atoms with Gasteiger partial charge in [-0.25, -0.2) is 0 Å². The molecule has 0 aliphatic heterocycles. The van der Waals surface area contributed by atoms with E-state index in [4.69, 9.17) is 5.73 Å². The molecule has 2 fully saturated rings. The molecule has 2 aliphatic rings. The minimum absolute atomic E-state index is 0.0963. The van der Waals surface area contributed by atoms with Crippen LogP contribution in [0.3, 0.4) is 0 Å². The number of hydrogen-bond donors (Lipinski definition) is 2. The molecule has 0 aromatic carbocycles. The van der Waals surface area contributed by atoms with Crippen molar-refractivity contribution >= 4 is 5.91 Å². The van der Waals surface area contributed by atoms with Crippen LogP contribution in [-0.4, -0.2) is 18.5 Å². The zero-order chi connectivity index (χ0) is 12.6. The highest BCUT2D eigenvalue weighted by molar-refractivity contribution is 5.82. The third kappa shape index (κ3) is 2.65. The van der Waals surface area contributed by atoms with E-state index in [9.17, 15) is 4.79 Å². The second kappa shape index (κ2) is 4.60. The molecule has 0 bridgehead atoms. The lowest BCUT2D eigenvalue weighted by Gasteiger charge is -2.31. The quantitative estimate of drug-likeness (QED) is 0.786. The molecule has 98 valence electrons. The lowest BCUT2D eigenvalue weighted by Crippen LogP contribution is -2.45. The van der Waals surface area contributed by atoms with Crippen molar-refractivity contribution in [2.45, 2.75) is 52.5 Å². The molecule has 0 radical (unpaired) electrons. The lowest BCUT2D eigenvalue weighted by molar-refractivity contribution is -0.124. The highest BCUT2D eigenvalue weighted by Crippen LogP contribution is 2.57. The van der Waals surface area contributed by atoms with Crippen molar-refractivity contribution < 1.29 is 4.79 Å². The van der Waals surface area contributed by atoms with Gasteiger partial charge in [0.15, 0.2) is 0 Å². The van der Waals surface area contributed by atoms with Crippen LogP contribution >= 0.6 is 0 Å². The molecule has 0 spiro atoms. The number of carbonyl (C=O) groups is 1. The number of rotatable bonds is 4. The van der Waals surface area contributed by atoms with Crippen molar-refractivity contribution in [1.29, 1.82) is 0 Å².